The van der Waals surface area contributed by atoms with Crippen molar-refractivity contribution < 1.29 is 23.5 Å². The van der Waals surface area contributed by atoms with Crippen molar-refractivity contribution >= 4 is 40.5 Å². The normalized spacial score (nSPS) is 11.9. The van der Waals surface area contributed by atoms with E-state index in [0.29, 0.717) is 29.7 Å². The Morgan fingerprint density at radius 2 is 1.90 bits per heavy atom. The summed E-state index contributed by atoms with van der Waals surface area (Å²) in [7, 11) is 1.69. The fourth-order valence-corrected chi connectivity index (χ4v) is 3.84. The summed E-state index contributed by atoms with van der Waals surface area (Å²) in [5, 5.41) is 8.34. The maximum atomic E-state index is 12.8. The van der Waals surface area contributed by atoms with Crippen LogP contribution in [0.1, 0.15) is 45.4 Å². The number of nitrogens with one attached hydrogen (secondary N) is 3. The first kappa shape index (κ1) is 30.1. The van der Waals surface area contributed by atoms with Crippen LogP contribution in [0.15, 0.2) is 45.7 Å². The Hall–Kier alpha value is -4.48. The van der Waals surface area contributed by atoms with E-state index in [1.165, 1.54) is 0 Å². The molecule has 1 unspecified atom stereocenters. The van der Waals surface area contributed by atoms with Gasteiger partial charge in [-0.25, -0.2) is 9.59 Å². The van der Waals surface area contributed by atoms with Gasteiger partial charge in [-0.2, -0.15) is 4.98 Å². The summed E-state index contributed by atoms with van der Waals surface area (Å²) in [6.45, 7) is 9.13. The molecule has 0 aliphatic carbocycles. The SMILES string of the molecule is Cc1c(NC(=O)CCNC(=O)OC(C)(C)C)ccc2nc(NC(C)C(=O)N(C)CCc3ccccn3)oc(=O)c12. The highest BCUT2D eigenvalue weighted by atomic mass is 16.6. The number of carbonyl (C=O) groups excluding carboxylic acids is 3. The molecular weight excluding hydrogens is 516 g/mol. The maximum absolute atomic E-state index is 12.8. The summed E-state index contributed by atoms with van der Waals surface area (Å²) < 4.78 is 10.5. The molecule has 3 rings (SSSR count). The van der Waals surface area contributed by atoms with Crippen LogP contribution in [-0.4, -0.2) is 64.6 Å². The van der Waals surface area contributed by atoms with E-state index in [2.05, 4.69) is 25.9 Å². The summed E-state index contributed by atoms with van der Waals surface area (Å²) in [6, 6.07) is 8.07. The number of hydrogen-bond acceptors (Lipinski definition) is 9. The van der Waals surface area contributed by atoms with Crippen LogP contribution in [0.5, 0.6) is 0 Å². The molecule has 0 aliphatic heterocycles. The minimum atomic E-state index is -0.698. The lowest BCUT2D eigenvalue weighted by Gasteiger charge is -2.21. The van der Waals surface area contributed by atoms with Crippen LogP contribution in [0.3, 0.4) is 0 Å². The van der Waals surface area contributed by atoms with Crippen LogP contribution in [-0.2, 0) is 20.7 Å². The molecule has 1 aromatic carbocycles. The number of ether oxygens (including phenoxy) is 1. The first-order valence-electron chi connectivity index (χ1n) is 13.0. The second kappa shape index (κ2) is 13.0. The zero-order valence-corrected chi connectivity index (χ0v) is 23.7. The number of benzene rings is 1. The van der Waals surface area contributed by atoms with E-state index < -0.39 is 23.4 Å². The summed E-state index contributed by atoms with van der Waals surface area (Å²) in [5.74, 6) is -0.551. The van der Waals surface area contributed by atoms with Crippen LogP contribution in [0.2, 0.25) is 0 Å². The number of pyridine rings is 1. The van der Waals surface area contributed by atoms with E-state index in [4.69, 9.17) is 9.15 Å². The number of rotatable bonds is 10. The van der Waals surface area contributed by atoms with Crippen LogP contribution in [0.4, 0.5) is 16.5 Å². The summed E-state index contributed by atoms with van der Waals surface area (Å²) in [6.07, 6.45) is 1.72. The highest BCUT2D eigenvalue weighted by molar-refractivity contribution is 5.96. The van der Waals surface area contributed by atoms with Crippen molar-refractivity contribution in [2.45, 2.75) is 59.1 Å². The first-order chi connectivity index (χ1) is 18.8. The van der Waals surface area contributed by atoms with E-state index in [1.807, 2.05) is 18.2 Å². The molecule has 0 saturated carbocycles. The van der Waals surface area contributed by atoms with Crippen molar-refractivity contribution in [3.8, 4) is 0 Å². The molecule has 12 nitrogen and oxygen atoms in total. The molecule has 214 valence electrons. The standard InChI is InChI=1S/C28H36N6O6/c1-17-20(32-22(35)12-15-30-27(38)40-28(3,4)5)10-11-21-23(17)25(37)39-26(33-21)31-18(2)24(36)34(6)16-13-19-9-7-8-14-29-19/h7-11,14,18H,12-13,15-16H2,1-6H3,(H,30,38)(H,31,33)(H,32,35). The quantitative estimate of drug-likeness (QED) is 0.344. The van der Waals surface area contributed by atoms with E-state index in [-0.39, 0.29) is 36.2 Å². The molecular formula is C28H36N6O6. The number of aryl methyl sites for hydroxylation is 1. The number of alkyl carbamates (subject to hydrolysis) is 1. The third kappa shape index (κ3) is 8.52. The molecule has 3 aromatic rings. The van der Waals surface area contributed by atoms with Gasteiger partial charge >= 0.3 is 11.7 Å². The molecule has 1 atom stereocenters. The number of amides is 3. The second-order valence-electron chi connectivity index (χ2n) is 10.4. The molecule has 12 heteroatoms. The molecule has 0 bridgehead atoms. The number of nitrogens with zero attached hydrogens (tertiary/aromatic N) is 3. The third-order valence-electron chi connectivity index (χ3n) is 5.87. The highest BCUT2D eigenvalue weighted by Crippen LogP contribution is 2.23. The van der Waals surface area contributed by atoms with E-state index >= 15 is 0 Å². The Labute approximate surface area is 232 Å². The molecule has 2 heterocycles. The van der Waals surface area contributed by atoms with Gasteiger partial charge in [-0.1, -0.05) is 6.07 Å². The predicted octanol–water partition coefficient (Wildman–Crippen LogP) is 3.25. The van der Waals surface area contributed by atoms with Gasteiger partial charge < -0.3 is 30.0 Å². The van der Waals surface area contributed by atoms with Gasteiger partial charge in [0.1, 0.15) is 11.6 Å². The predicted molar refractivity (Wildman–Crippen MR) is 151 cm³/mol. The average molecular weight is 553 g/mol. The molecule has 0 saturated heterocycles. The molecule has 3 amide bonds. The monoisotopic (exact) mass is 552 g/mol. The third-order valence-corrected chi connectivity index (χ3v) is 5.87. The van der Waals surface area contributed by atoms with E-state index in [9.17, 15) is 19.2 Å². The minimum absolute atomic E-state index is 0.00859. The van der Waals surface area contributed by atoms with Crippen molar-refractivity contribution in [3.05, 3.63) is 58.2 Å². The average Bonchev–Trinajstić information content (AvgIpc) is 2.87. The van der Waals surface area contributed by atoms with Gasteiger partial charge in [0.25, 0.3) is 6.01 Å². The maximum Gasteiger partial charge on any atom is 0.407 e. The molecule has 40 heavy (non-hydrogen) atoms. The van der Waals surface area contributed by atoms with Crippen molar-refractivity contribution in [2.24, 2.45) is 0 Å². The van der Waals surface area contributed by atoms with Crippen LogP contribution < -0.4 is 21.6 Å². The number of likely N-dealkylation sites (N-methyl/N-ethyl adjacent to an activating group) is 1. The van der Waals surface area contributed by atoms with Gasteiger partial charge in [-0.3, -0.25) is 14.6 Å². The molecule has 0 aliphatic rings. The molecule has 0 radical (unpaired) electrons. The number of anilines is 2. The molecule has 0 fully saturated rings. The summed E-state index contributed by atoms with van der Waals surface area (Å²) in [4.78, 5) is 60.0. The van der Waals surface area contributed by atoms with Gasteiger partial charge in [0.2, 0.25) is 11.8 Å². The Morgan fingerprint density at radius 1 is 1.15 bits per heavy atom. The Kier molecular flexibility index (Phi) is 9.81. The highest BCUT2D eigenvalue weighted by Gasteiger charge is 2.21. The van der Waals surface area contributed by atoms with Gasteiger partial charge in [0.15, 0.2) is 0 Å². The first-order valence-corrected chi connectivity index (χ1v) is 13.0. The lowest BCUT2D eigenvalue weighted by atomic mass is 10.1. The van der Waals surface area contributed by atoms with E-state index in [1.54, 1.807) is 64.9 Å². The Bertz CT molecular complexity index is 1420. The largest absolute Gasteiger partial charge is 0.444 e. The van der Waals surface area contributed by atoms with Gasteiger partial charge in [-0.15, -0.1) is 0 Å². The van der Waals surface area contributed by atoms with Crippen molar-refractivity contribution in [1.82, 2.24) is 20.2 Å². The fourth-order valence-electron chi connectivity index (χ4n) is 3.84. The lowest BCUT2D eigenvalue weighted by Crippen LogP contribution is -2.40. The fraction of sp³-hybridized carbons (Fsp3) is 0.429. The zero-order chi connectivity index (χ0) is 29.4. The number of carbonyl (C=O) groups is 3. The van der Waals surface area contributed by atoms with Crippen LogP contribution >= 0.6 is 0 Å². The molecule has 3 N–H and O–H groups in total. The second-order valence-corrected chi connectivity index (χ2v) is 10.4. The van der Waals surface area contributed by atoms with Crippen molar-refractivity contribution in [3.63, 3.8) is 0 Å². The van der Waals surface area contributed by atoms with E-state index in [0.717, 1.165) is 5.69 Å². The molecule has 0 spiro atoms. The van der Waals surface area contributed by atoms with Gasteiger partial charge in [0, 0.05) is 50.6 Å². The van der Waals surface area contributed by atoms with Crippen LogP contribution in [0.25, 0.3) is 10.9 Å². The smallest absolute Gasteiger partial charge is 0.407 e. The number of fused-ring (bicyclic) bond motifs is 1. The Morgan fingerprint density at radius 3 is 2.58 bits per heavy atom. The van der Waals surface area contributed by atoms with Crippen molar-refractivity contribution in [1.29, 1.82) is 0 Å². The summed E-state index contributed by atoms with van der Waals surface area (Å²) >= 11 is 0. The lowest BCUT2D eigenvalue weighted by molar-refractivity contribution is -0.130. The van der Waals surface area contributed by atoms with Gasteiger partial charge in [0.05, 0.1) is 10.9 Å². The minimum Gasteiger partial charge on any atom is -0.444 e. The molecule has 2 aromatic heterocycles. The number of hydrogen-bond donors (Lipinski definition) is 3. The van der Waals surface area contributed by atoms with Crippen LogP contribution in [0, 0.1) is 6.92 Å². The Balaban J connectivity index is 1.61. The van der Waals surface area contributed by atoms with Crippen molar-refractivity contribution in [2.75, 3.05) is 30.8 Å². The number of aromatic nitrogens is 2. The zero-order valence-electron chi connectivity index (χ0n) is 23.7. The summed E-state index contributed by atoms with van der Waals surface area (Å²) in [5.41, 5.74) is 0.844. The topological polar surface area (TPSA) is 156 Å². The van der Waals surface area contributed by atoms with Gasteiger partial charge in [-0.05, 0) is 64.4 Å².